The number of carbonyl (C=O) groups is 2. The van der Waals surface area contributed by atoms with E-state index < -0.39 is 0 Å². The maximum atomic E-state index is 12.0. The van der Waals surface area contributed by atoms with Crippen molar-refractivity contribution in [1.82, 2.24) is 0 Å². The first-order chi connectivity index (χ1) is 12.1. The van der Waals surface area contributed by atoms with Gasteiger partial charge < -0.3 is 20.7 Å². The molecular weight excluding hydrogens is 318 g/mol. The van der Waals surface area contributed by atoms with Gasteiger partial charge in [-0.15, -0.1) is 0 Å². The Morgan fingerprint density at radius 3 is 1.92 bits per heavy atom. The van der Waals surface area contributed by atoms with Gasteiger partial charge in [0.1, 0.15) is 5.75 Å². The third-order valence-corrected chi connectivity index (χ3v) is 3.47. The van der Waals surface area contributed by atoms with Gasteiger partial charge in [0.2, 0.25) is 11.8 Å². The Morgan fingerprint density at radius 2 is 1.36 bits per heavy atom. The summed E-state index contributed by atoms with van der Waals surface area (Å²) in [7, 11) is 1.60. The predicted molar refractivity (Wildman–Crippen MR) is 100 cm³/mol. The third-order valence-electron chi connectivity index (χ3n) is 3.47. The molecule has 2 aromatic rings. The predicted octanol–water partition coefficient (Wildman–Crippen LogP) is 3.48. The molecular formula is C19H23N3O3. The van der Waals surface area contributed by atoms with Gasteiger partial charge in [0.05, 0.1) is 13.7 Å². The van der Waals surface area contributed by atoms with E-state index in [1.165, 1.54) is 0 Å². The number of rotatable bonds is 8. The molecule has 0 spiro atoms. The van der Waals surface area contributed by atoms with E-state index in [9.17, 15) is 9.59 Å². The van der Waals surface area contributed by atoms with Crippen molar-refractivity contribution < 1.29 is 14.3 Å². The highest BCUT2D eigenvalue weighted by molar-refractivity contribution is 5.94. The fraction of sp³-hybridized carbons (Fsp3) is 0.263. The smallest absolute Gasteiger partial charge is 0.243 e. The van der Waals surface area contributed by atoms with Crippen LogP contribution in [0.25, 0.3) is 0 Å². The quantitative estimate of drug-likeness (QED) is 0.687. The number of hydrogen-bond acceptors (Lipinski definition) is 4. The van der Waals surface area contributed by atoms with Gasteiger partial charge in [-0.1, -0.05) is 6.92 Å². The van der Waals surface area contributed by atoms with Gasteiger partial charge in [-0.3, -0.25) is 9.59 Å². The van der Waals surface area contributed by atoms with Crippen LogP contribution >= 0.6 is 0 Å². The van der Waals surface area contributed by atoms with E-state index in [2.05, 4.69) is 16.0 Å². The van der Waals surface area contributed by atoms with Gasteiger partial charge >= 0.3 is 0 Å². The Kier molecular flexibility index (Phi) is 6.83. The Bertz CT molecular complexity index is 697. The second kappa shape index (κ2) is 9.32. The van der Waals surface area contributed by atoms with Crippen LogP contribution in [0.5, 0.6) is 5.75 Å². The fourth-order valence-corrected chi connectivity index (χ4v) is 2.18. The van der Waals surface area contributed by atoms with Crippen LogP contribution in [0.15, 0.2) is 48.5 Å². The molecule has 0 radical (unpaired) electrons. The van der Waals surface area contributed by atoms with Crippen LogP contribution in [0, 0.1) is 0 Å². The lowest BCUT2D eigenvalue weighted by Gasteiger charge is -2.09. The third kappa shape index (κ3) is 6.18. The molecule has 2 amide bonds. The Balaban J connectivity index is 1.79. The largest absolute Gasteiger partial charge is 0.497 e. The molecule has 0 fully saturated rings. The second-order valence-electron chi connectivity index (χ2n) is 5.51. The minimum atomic E-state index is -0.148. The molecule has 0 unspecified atom stereocenters. The zero-order chi connectivity index (χ0) is 18.1. The summed E-state index contributed by atoms with van der Waals surface area (Å²) in [6.45, 7) is 2.11. The second-order valence-corrected chi connectivity index (χ2v) is 5.51. The number of amides is 2. The molecule has 2 aromatic carbocycles. The van der Waals surface area contributed by atoms with Crippen LogP contribution in [0.1, 0.15) is 19.8 Å². The van der Waals surface area contributed by atoms with Crippen LogP contribution in [0.2, 0.25) is 0 Å². The first-order valence-electron chi connectivity index (χ1n) is 8.18. The minimum Gasteiger partial charge on any atom is -0.497 e. The molecule has 3 N–H and O–H groups in total. The molecule has 0 saturated heterocycles. The monoisotopic (exact) mass is 341 g/mol. The lowest BCUT2D eigenvalue weighted by molar-refractivity contribution is -0.116. The SMILES string of the molecule is CCCC(=O)Nc1ccc(NCC(=O)Nc2ccc(OC)cc2)cc1. The van der Waals surface area contributed by atoms with Crippen molar-refractivity contribution in [3.8, 4) is 5.75 Å². The molecule has 0 aliphatic heterocycles. The number of carbonyl (C=O) groups excluding carboxylic acids is 2. The van der Waals surface area contributed by atoms with Crippen molar-refractivity contribution in [2.45, 2.75) is 19.8 Å². The highest BCUT2D eigenvalue weighted by atomic mass is 16.5. The van der Waals surface area contributed by atoms with Crippen molar-refractivity contribution in [2.75, 3.05) is 29.6 Å². The molecule has 0 bridgehead atoms. The van der Waals surface area contributed by atoms with Crippen LogP contribution in [0.3, 0.4) is 0 Å². The molecule has 0 aliphatic rings. The molecule has 0 heterocycles. The van der Waals surface area contributed by atoms with Crippen LogP contribution in [0.4, 0.5) is 17.1 Å². The molecule has 2 rings (SSSR count). The average Bonchev–Trinajstić information content (AvgIpc) is 2.62. The Hall–Kier alpha value is -3.02. The molecule has 132 valence electrons. The molecule has 0 aliphatic carbocycles. The van der Waals surface area contributed by atoms with Crippen LogP contribution in [-0.2, 0) is 9.59 Å². The van der Waals surface area contributed by atoms with Crippen molar-refractivity contribution >= 4 is 28.9 Å². The van der Waals surface area contributed by atoms with E-state index in [-0.39, 0.29) is 18.4 Å². The lowest BCUT2D eigenvalue weighted by atomic mass is 10.2. The first-order valence-corrected chi connectivity index (χ1v) is 8.18. The number of methoxy groups -OCH3 is 1. The van der Waals surface area contributed by atoms with Crippen molar-refractivity contribution in [2.24, 2.45) is 0 Å². The lowest BCUT2D eigenvalue weighted by Crippen LogP contribution is -2.21. The zero-order valence-electron chi connectivity index (χ0n) is 14.5. The van der Waals surface area contributed by atoms with E-state index in [1.807, 2.05) is 19.1 Å². The summed E-state index contributed by atoms with van der Waals surface area (Å²) in [6, 6.07) is 14.4. The summed E-state index contributed by atoms with van der Waals surface area (Å²) in [5.74, 6) is 0.592. The van der Waals surface area contributed by atoms with E-state index in [1.54, 1.807) is 43.5 Å². The van der Waals surface area contributed by atoms with Crippen molar-refractivity contribution in [3.05, 3.63) is 48.5 Å². The molecule has 0 atom stereocenters. The van der Waals surface area contributed by atoms with Gasteiger partial charge in [-0.2, -0.15) is 0 Å². The topological polar surface area (TPSA) is 79.5 Å². The maximum Gasteiger partial charge on any atom is 0.243 e. The van der Waals surface area contributed by atoms with E-state index in [4.69, 9.17) is 4.74 Å². The summed E-state index contributed by atoms with van der Waals surface area (Å²) in [6.07, 6.45) is 1.32. The Morgan fingerprint density at radius 1 is 0.840 bits per heavy atom. The van der Waals surface area contributed by atoms with Gasteiger partial charge in [0.15, 0.2) is 0 Å². The highest BCUT2D eigenvalue weighted by Gasteiger charge is 2.04. The summed E-state index contributed by atoms with van der Waals surface area (Å²) < 4.78 is 5.08. The number of benzene rings is 2. The number of ether oxygens (including phenoxy) is 1. The summed E-state index contributed by atoms with van der Waals surface area (Å²) in [5, 5.41) is 8.67. The summed E-state index contributed by atoms with van der Waals surface area (Å²) in [5.41, 5.74) is 2.26. The molecule has 6 nitrogen and oxygen atoms in total. The van der Waals surface area contributed by atoms with Crippen molar-refractivity contribution in [3.63, 3.8) is 0 Å². The standard InChI is InChI=1S/C19H23N3O3/c1-3-4-18(23)21-15-7-5-14(6-8-15)20-13-19(24)22-16-9-11-17(25-2)12-10-16/h5-12,20H,3-4,13H2,1-2H3,(H,21,23)(H,22,24). The van der Waals surface area contributed by atoms with E-state index in [0.29, 0.717) is 12.1 Å². The molecule has 6 heteroatoms. The highest BCUT2D eigenvalue weighted by Crippen LogP contribution is 2.16. The molecule has 25 heavy (non-hydrogen) atoms. The Labute approximate surface area is 147 Å². The van der Waals surface area contributed by atoms with Crippen LogP contribution < -0.4 is 20.7 Å². The van der Waals surface area contributed by atoms with E-state index >= 15 is 0 Å². The van der Waals surface area contributed by atoms with Gasteiger partial charge in [0.25, 0.3) is 0 Å². The summed E-state index contributed by atoms with van der Waals surface area (Å²) >= 11 is 0. The first kappa shape index (κ1) is 18.3. The number of nitrogens with one attached hydrogen (secondary N) is 3. The average molecular weight is 341 g/mol. The maximum absolute atomic E-state index is 12.0. The van der Waals surface area contributed by atoms with E-state index in [0.717, 1.165) is 23.5 Å². The normalized spacial score (nSPS) is 10.0. The minimum absolute atomic E-state index is 0.00192. The van der Waals surface area contributed by atoms with Gasteiger partial charge in [0, 0.05) is 23.5 Å². The number of hydrogen-bond donors (Lipinski definition) is 3. The zero-order valence-corrected chi connectivity index (χ0v) is 14.5. The molecule has 0 aromatic heterocycles. The fourth-order valence-electron chi connectivity index (χ4n) is 2.18. The van der Waals surface area contributed by atoms with Gasteiger partial charge in [-0.05, 0) is 55.0 Å². The number of anilines is 3. The molecule has 0 saturated carbocycles. The van der Waals surface area contributed by atoms with Gasteiger partial charge in [-0.25, -0.2) is 0 Å². The van der Waals surface area contributed by atoms with Crippen molar-refractivity contribution in [1.29, 1.82) is 0 Å². The van der Waals surface area contributed by atoms with Crippen LogP contribution in [-0.4, -0.2) is 25.5 Å². The summed E-state index contributed by atoms with van der Waals surface area (Å²) in [4.78, 5) is 23.5.